The minimum atomic E-state index is -0.295. The Morgan fingerprint density at radius 1 is 1.45 bits per heavy atom. The molecule has 4 rings (SSSR count). The SMILES string of the molecule is CC=CC1(C2CC=Cc3oc(=O)c4cccnc4c32)CC1C. The quantitative estimate of drug-likeness (QED) is 0.776. The second-order valence-electron chi connectivity index (χ2n) is 6.48. The molecule has 2 aromatic heterocycles. The lowest BCUT2D eigenvalue weighted by Gasteiger charge is -2.28. The highest BCUT2D eigenvalue weighted by molar-refractivity contribution is 5.84. The molecule has 1 fully saturated rings. The summed E-state index contributed by atoms with van der Waals surface area (Å²) in [5.41, 5.74) is 1.81. The molecular formula is C19H19NO2. The van der Waals surface area contributed by atoms with Crippen LogP contribution in [0.15, 0.2) is 45.8 Å². The Labute approximate surface area is 129 Å². The molecular weight excluding hydrogens is 274 g/mol. The molecule has 0 radical (unpaired) electrons. The van der Waals surface area contributed by atoms with Gasteiger partial charge >= 0.3 is 5.63 Å². The molecule has 22 heavy (non-hydrogen) atoms. The van der Waals surface area contributed by atoms with Gasteiger partial charge in [-0.2, -0.15) is 0 Å². The fourth-order valence-electron chi connectivity index (χ4n) is 4.10. The largest absolute Gasteiger partial charge is 0.423 e. The van der Waals surface area contributed by atoms with Crippen molar-refractivity contribution in [3.8, 4) is 0 Å². The topological polar surface area (TPSA) is 43.1 Å². The first-order valence-electron chi connectivity index (χ1n) is 7.89. The number of allylic oxidation sites excluding steroid dienone is 3. The van der Waals surface area contributed by atoms with Crippen LogP contribution in [-0.4, -0.2) is 4.98 Å². The van der Waals surface area contributed by atoms with Crippen LogP contribution in [-0.2, 0) is 0 Å². The van der Waals surface area contributed by atoms with Gasteiger partial charge in [-0.05, 0) is 49.3 Å². The minimum Gasteiger partial charge on any atom is -0.423 e. The molecule has 2 aliphatic carbocycles. The van der Waals surface area contributed by atoms with E-state index in [2.05, 4.69) is 37.1 Å². The fraction of sp³-hybridized carbons (Fsp3) is 0.368. The average Bonchev–Trinajstić information content (AvgIpc) is 3.18. The monoisotopic (exact) mass is 293 g/mol. The van der Waals surface area contributed by atoms with Crippen LogP contribution in [0.2, 0.25) is 0 Å². The summed E-state index contributed by atoms with van der Waals surface area (Å²) < 4.78 is 5.57. The maximum absolute atomic E-state index is 12.2. The predicted octanol–water partition coefficient (Wildman–Crippen LogP) is 4.29. The van der Waals surface area contributed by atoms with E-state index in [4.69, 9.17) is 4.42 Å². The molecule has 0 bridgehead atoms. The first kappa shape index (κ1) is 13.5. The molecule has 2 aromatic rings. The molecule has 2 heterocycles. The summed E-state index contributed by atoms with van der Waals surface area (Å²) in [6.45, 7) is 4.38. The highest BCUT2D eigenvalue weighted by Crippen LogP contribution is 2.64. The molecule has 0 aromatic carbocycles. The minimum absolute atomic E-state index is 0.179. The number of fused-ring (bicyclic) bond motifs is 3. The van der Waals surface area contributed by atoms with Gasteiger partial charge in [-0.15, -0.1) is 0 Å². The van der Waals surface area contributed by atoms with E-state index in [1.807, 2.05) is 12.1 Å². The lowest BCUT2D eigenvalue weighted by molar-refractivity contribution is 0.428. The summed E-state index contributed by atoms with van der Waals surface area (Å²) in [4.78, 5) is 16.7. The third kappa shape index (κ3) is 1.75. The van der Waals surface area contributed by atoms with Gasteiger partial charge in [-0.25, -0.2) is 4.79 Å². The van der Waals surface area contributed by atoms with E-state index in [1.54, 1.807) is 12.3 Å². The normalized spacial score (nSPS) is 29.9. The Hall–Kier alpha value is -2.16. The van der Waals surface area contributed by atoms with Crippen LogP contribution in [0.3, 0.4) is 0 Å². The van der Waals surface area contributed by atoms with E-state index in [0.29, 0.717) is 23.0 Å². The van der Waals surface area contributed by atoms with Crippen molar-refractivity contribution in [2.45, 2.75) is 32.6 Å². The predicted molar refractivity (Wildman–Crippen MR) is 87.7 cm³/mol. The number of aromatic nitrogens is 1. The first-order chi connectivity index (χ1) is 10.7. The smallest absolute Gasteiger partial charge is 0.345 e. The lowest BCUT2D eigenvalue weighted by Crippen LogP contribution is -2.19. The molecule has 3 heteroatoms. The molecule has 3 nitrogen and oxygen atoms in total. The zero-order chi connectivity index (χ0) is 15.3. The zero-order valence-corrected chi connectivity index (χ0v) is 12.9. The van der Waals surface area contributed by atoms with E-state index >= 15 is 0 Å². The second-order valence-corrected chi connectivity index (χ2v) is 6.48. The summed E-state index contributed by atoms with van der Waals surface area (Å²) in [7, 11) is 0. The van der Waals surface area contributed by atoms with Crippen LogP contribution in [0.5, 0.6) is 0 Å². The molecule has 0 N–H and O–H groups in total. The summed E-state index contributed by atoms with van der Waals surface area (Å²) >= 11 is 0. The first-order valence-corrected chi connectivity index (χ1v) is 7.89. The molecule has 112 valence electrons. The van der Waals surface area contributed by atoms with Gasteiger partial charge in [-0.3, -0.25) is 4.98 Å². The van der Waals surface area contributed by atoms with Crippen LogP contribution >= 0.6 is 0 Å². The van der Waals surface area contributed by atoms with E-state index in [0.717, 1.165) is 17.5 Å². The van der Waals surface area contributed by atoms with Gasteiger partial charge in [0.05, 0.1) is 10.9 Å². The highest BCUT2D eigenvalue weighted by Gasteiger charge is 2.55. The second kappa shape index (κ2) is 4.67. The number of pyridine rings is 1. The van der Waals surface area contributed by atoms with Gasteiger partial charge in [0.25, 0.3) is 0 Å². The number of rotatable bonds is 2. The van der Waals surface area contributed by atoms with Crippen LogP contribution in [0.1, 0.15) is 43.9 Å². The number of nitrogens with zero attached hydrogens (tertiary/aromatic N) is 1. The van der Waals surface area contributed by atoms with Crippen molar-refractivity contribution >= 4 is 17.0 Å². The summed E-state index contributed by atoms with van der Waals surface area (Å²) in [5.74, 6) is 1.68. The third-order valence-electron chi connectivity index (χ3n) is 5.28. The van der Waals surface area contributed by atoms with Crippen molar-refractivity contribution in [1.29, 1.82) is 0 Å². The maximum atomic E-state index is 12.2. The van der Waals surface area contributed by atoms with Crippen molar-refractivity contribution in [2.75, 3.05) is 0 Å². The van der Waals surface area contributed by atoms with Crippen molar-refractivity contribution < 1.29 is 4.42 Å². The maximum Gasteiger partial charge on any atom is 0.345 e. The molecule has 1 saturated carbocycles. The van der Waals surface area contributed by atoms with Crippen LogP contribution < -0.4 is 5.63 Å². The van der Waals surface area contributed by atoms with E-state index in [-0.39, 0.29) is 11.0 Å². The van der Waals surface area contributed by atoms with Crippen LogP contribution in [0.4, 0.5) is 0 Å². The van der Waals surface area contributed by atoms with Gasteiger partial charge in [-0.1, -0.05) is 25.2 Å². The molecule has 0 aliphatic heterocycles. The standard InChI is InChI=1S/C19H19NO2/c1-3-9-19(11-12(19)2)14-7-4-8-15-16(14)17-13(18(21)22-15)6-5-10-20-17/h3-6,8-10,12,14H,7,11H2,1-2H3. The highest BCUT2D eigenvalue weighted by atomic mass is 16.4. The molecule has 3 atom stereocenters. The molecule has 0 saturated heterocycles. The van der Waals surface area contributed by atoms with Crippen molar-refractivity contribution in [3.63, 3.8) is 0 Å². The fourth-order valence-corrected chi connectivity index (χ4v) is 4.10. The van der Waals surface area contributed by atoms with Crippen molar-refractivity contribution in [2.24, 2.45) is 11.3 Å². The Balaban J connectivity index is 2.01. The lowest BCUT2D eigenvalue weighted by atomic mass is 9.76. The molecule has 3 unspecified atom stereocenters. The molecule has 2 aliphatic rings. The average molecular weight is 293 g/mol. The van der Waals surface area contributed by atoms with E-state index in [9.17, 15) is 4.79 Å². The van der Waals surface area contributed by atoms with Gasteiger partial charge in [0, 0.05) is 17.7 Å². The van der Waals surface area contributed by atoms with Crippen molar-refractivity contribution in [3.05, 3.63) is 58.3 Å². The van der Waals surface area contributed by atoms with Gasteiger partial charge in [0.2, 0.25) is 0 Å². The van der Waals surface area contributed by atoms with Crippen LogP contribution in [0.25, 0.3) is 17.0 Å². The summed E-state index contributed by atoms with van der Waals surface area (Å²) in [6, 6.07) is 3.60. The Bertz CT molecular complexity index is 861. The summed E-state index contributed by atoms with van der Waals surface area (Å²) in [6.07, 6.45) is 12.5. The van der Waals surface area contributed by atoms with E-state index in [1.165, 1.54) is 6.42 Å². The number of hydrogen-bond donors (Lipinski definition) is 0. The van der Waals surface area contributed by atoms with Gasteiger partial charge < -0.3 is 4.42 Å². The molecule has 0 amide bonds. The van der Waals surface area contributed by atoms with Crippen molar-refractivity contribution in [1.82, 2.24) is 4.98 Å². The number of hydrogen-bond acceptors (Lipinski definition) is 3. The third-order valence-corrected chi connectivity index (χ3v) is 5.28. The van der Waals surface area contributed by atoms with E-state index < -0.39 is 0 Å². The Morgan fingerprint density at radius 2 is 2.27 bits per heavy atom. The van der Waals surface area contributed by atoms with Gasteiger partial charge in [0.15, 0.2) is 0 Å². The molecule has 0 spiro atoms. The van der Waals surface area contributed by atoms with Gasteiger partial charge in [0.1, 0.15) is 5.76 Å². The Kier molecular flexibility index (Phi) is 2.86. The zero-order valence-electron chi connectivity index (χ0n) is 12.9. The Morgan fingerprint density at radius 3 is 3.00 bits per heavy atom. The summed E-state index contributed by atoms with van der Waals surface area (Å²) in [5, 5.41) is 0.588. The van der Waals surface area contributed by atoms with Crippen LogP contribution in [0, 0.1) is 11.3 Å².